The van der Waals surface area contributed by atoms with Crippen LogP contribution in [0.15, 0.2) is 11.2 Å². The Balaban J connectivity index is 2.47. The number of imidazole rings is 1. The van der Waals surface area contributed by atoms with Crippen LogP contribution in [0, 0.1) is 12.8 Å². The van der Waals surface area contributed by atoms with Crippen LogP contribution in [-0.2, 0) is 10.0 Å². The largest absolute Gasteiger partial charge is 0.332 e. The molecule has 92 valence electrons. The first-order valence-corrected chi connectivity index (χ1v) is 6.91. The molecule has 5 nitrogen and oxygen atoms in total. The van der Waals surface area contributed by atoms with Crippen molar-refractivity contribution in [3.05, 3.63) is 12.0 Å². The molecule has 1 heterocycles. The summed E-state index contributed by atoms with van der Waals surface area (Å²) in [4.78, 5) is 6.57. The summed E-state index contributed by atoms with van der Waals surface area (Å²) in [7, 11) is -3.41. The van der Waals surface area contributed by atoms with E-state index in [1.165, 1.54) is 6.20 Å². The summed E-state index contributed by atoms with van der Waals surface area (Å²) in [5.41, 5.74) is 0. The number of nitrogens with zero attached hydrogens (tertiary/aromatic N) is 1. The first-order valence-electron chi connectivity index (χ1n) is 5.43. The van der Waals surface area contributed by atoms with E-state index in [-0.39, 0.29) is 5.03 Å². The zero-order chi connectivity index (χ0) is 12.2. The fourth-order valence-corrected chi connectivity index (χ4v) is 2.37. The first-order chi connectivity index (χ1) is 7.42. The summed E-state index contributed by atoms with van der Waals surface area (Å²) in [6.45, 7) is 6.43. The number of aryl methyl sites for hydroxylation is 1. The van der Waals surface area contributed by atoms with Gasteiger partial charge < -0.3 is 4.98 Å². The van der Waals surface area contributed by atoms with Gasteiger partial charge in [0, 0.05) is 6.54 Å². The Morgan fingerprint density at radius 2 is 2.19 bits per heavy atom. The first kappa shape index (κ1) is 13.2. The number of nitrogens with one attached hydrogen (secondary N) is 2. The molecule has 6 heteroatoms. The maximum absolute atomic E-state index is 11.7. The van der Waals surface area contributed by atoms with E-state index >= 15 is 0 Å². The molecule has 0 unspecified atom stereocenters. The summed E-state index contributed by atoms with van der Waals surface area (Å²) in [6.07, 6.45) is 3.20. The number of sulfonamides is 1. The number of rotatable bonds is 6. The minimum atomic E-state index is -3.41. The average molecular weight is 245 g/mol. The molecule has 1 aromatic heterocycles. The molecule has 0 saturated carbocycles. The van der Waals surface area contributed by atoms with Crippen LogP contribution in [-0.4, -0.2) is 24.9 Å². The maximum Gasteiger partial charge on any atom is 0.257 e. The Morgan fingerprint density at radius 3 is 2.69 bits per heavy atom. The summed E-state index contributed by atoms with van der Waals surface area (Å²) in [5, 5.41) is 0.134. The Kier molecular flexibility index (Phi) is 4.49. The van der Waals surface area contributed by atoms with Crippen molar-refractivity contribution in [3.63, 3.8) is 0 Å². The van der Waals surface area contributed by atoms with Gasteiger partial charge in [-0.05, 0) is 25.7 Å². The third kappa shape index (κ3) is 3.94. The summed E-state index contributed by atoms with van der Waals surface area (Å²) in [6, 6.07) is 0. The normalized spacial score (nSPS) is 12.2. The lowest BCUT2D eigenvalue weighted by atomic mass is 10.1. The molecule has 0 aliphatic heterocycles. The van der Waals surface area contributed by atoms with Crippen LogP contribution < -0.4 is 4.72 Å². The predicted molar refractivity (Wildman–Crippen MR) is 62.6 cm³/mol. The fourth-order valence-electron chi connectivity index (χ4n) is 1.33. The highest BCUT2D eigenvalue weighted by Crippen LogP contribution is 2.06. The highest BCUT2D eigenvalue weighted by molar-refractivity contribution is 7.89. The average Bonchev–Trinajstić information content (AvgIpc) is 2.60. The van der Waals surface area contributed by atoms with Crippen molar-refractivity contribution >= 4 is 10.0 Å². The molecule has 0 radical (unpaired) electrons. The molecule has 0 spiro atoms. The van der Waals surface area contributed by atoms with Crippen LogP contribution in [0.25, 0.3) is 0 Å². The summed E-state index contributed by atoms with van der Waals surface area (Å²) >= 11 is 0. The maximum atomic E-state index is 11.7. The molecule has 0 atom stereocenters. The molecule has 16 heavy (non-hydrogen) atoms. The number of aromatic amines is 1. The molecule has 1 rings (SSSR count). The lowest BCUT2D eigenvalue weighted by Gasteiger charge is -2.06. The van der Waals surface area contributed by atoms with E-state index in [0.29, 0.717) is 18.3 Å². The van der Waals surface area contributed by atoms with Crippen molar-refractivity contribution in [2.24, 2.45) is 5.92 Å². The standard InChI is InChI=1S/C10H19N3O2S/c1-8(2)5-4-6-12-16(14,15)10-7-11-9(3)13-10/h7-8,12H,4-6H2,1-3H3,(H,11,13). The summed E-state index contributed by atoms with van der Waals surface area (Å²) < 4.78 is 26.0. The second-order valence-corrected chi connectivity index (χ2v) is 6.00. The third-order valence-electron chi connectivity index (χ3n) is 2.22. The van der Waals surface area contributed by atoms with Crippen molar-refractivity contribution in [1.82, 2.24) is 14.7 Å². The minimum absolute atomic E-state index is 0.134. The van der Waals surface area contributed by atoms with E-state index in [0.717, 1.165) is 12.8 Å². The number of hydrogen-bond donors (Lipinski definition) is 2. The van der Waals surface area contributed by atoms with Gasteiger partial charge in [0.15, 0.2) is 5.03 Å². The Labute approximate surface area is 96.7 Å². The molecular weight excluding hydrogens is 226 g/mol. The van der Waals surface area contributed by atoms with Crippen molar-refractivity contribution < 1.29 is 8.42 Å². The van der Waals surface area contributed by atoms with Crippen molar-refractivity contribution in [3.8, 4) is 0 Å². The molecule has 0 aliphatic rings. The molecule has 0 aliphatic carbocycles. The molecule has 0 aromatic carbocycles. The van der Waals surface area contributed by atoms with Gasteiger partial charge in [-0.2, -0.15) is 0 Å². The van der Waals surface area contributed by atoms with Crippen LogP contribution in [0.5, 0.6) is 0 Å². The zero-order valence-corrected chi connectivity index (χ0v) is 10.8. The molecule has 0 bridgehead atoms. The lowest BCUT2D eigenvalue weighted by Crippen LogP contribution is -2.25. The number of aromatic nitrogens is 2. The molecule has 0 fully saturated rings. The van der Waals surface area contributed by atoms with Crippen LogP contribution >= 0.6 is 0 Å². The van der Waals surface area contributed by atoms with Crippen LogP contribution in [0.2, 0.25) is 0 Å². The molecule has 2 N–H and O–H groups in total. The Bertz CT molecular complexity index is 423. The Morgan fingerprint density at radius 1 is 1.50 bits per heavy atom. The smallest absolute Gasteiger partial charge is 0.257 e. The SMILES string of the molecule is Cc1ncc(S(=O)(=O)NCCCC(C)C)[nH]1. The van der Waals surface area contributed by atoms with Gasteiger partial charge in [-0.25, -0.2) is 18.1 Å². The second kappa shape index (κ2) is 5.45. The third-order valence-corrected chi connectivity index (χ3v) is 3.59. The van der Waals surface area contributed by atoms with Crippen molar-refractivity contribution in [2.45, 2.75) is 38.6 Å². The van der Waals surface area contributed by atoms with Gasteiger partial charge in [-0.3, -0.25) is 0 Å². The Hall–Kier alpha value is -0.880. The zero-order valence-electron chi connectivity index (χ0n) is 9.95. The van der Waals surface area contributed by atoms with E-state index in [1.54, 1.807) is 6.92 Å². The highest BCUT2D eigenvalue weighted by atomic mass is 32.2. The van der Waals surface area contributed by atoms with Crippen LogP contribution in [0.4, 0.5) is 0 Å². The van der Waals surface area contributed by atoms with Crippen LogP contribution in [0.1, 0.15) is 32.5 Å². The van der Waals surface area contributed by atoms with E-state index in [2.05, 4.69) is 28.5 Å². The van der Waals surface area contributed by atoms with Gasteiger partial charge in [0.25, 0.3) is 10.0 Å². The number of H-pyrrole nitrogens is 1. The van der Waals surface area contributed by atoms with Gasteiger partial charge in [-0.1, -0.05) is 13.8 Å². The van der Waals surface area contributed by atoms with Gasteiger partial charge >= 0.3 is 0 Å². The van der Waals surface area contributed by atoms with Gasteiger partial charge in [0.1, 0.15) is 5.82 Å². The predicted octanol–water partition coefficient (Wildman–Crippen LogP) is 1.43. The minimum Gasteiger partial charge on any atom is -0.332 e. The number of hydrogen-bond acceptors (Lipinski definition) is 3. The fraction of sp³-hybridized carbons (Fsp3) is 0.700. The molecule has 0 amide bonds. The highest BCUT2D eigenvalue weighted by Gasteiger charge is 2.15. The van der Waals surface area contributed by atoms with Gasteiger partial charge in [0.05, 0.1) is 6.20 Å². The van der Waals surface area contributed by atoms with Gasteiger partial charge in [0.2, 0.25) is 0 Å². The molecular formula is C10H19N3O2S. The van der Waals surface area contributed by atoms with E-state index in [4.69, 9.17) is 0 Å². The molecule has 1 aromatic rings. The molecule has 0 saturated heterocycles. The van der Waals surface area contributed by atoms with E-state index in [9.17, 15) is 8.42 Å². The van der Waals surface area contributed by atoms with E-state index < -0.39 is 10.0 Å². The van der Waals surface area contributed by atoms with Crippen molar-refractivity contribution in [1.29, 1.82) is 0 Å². The lowest BCUT2D eigenvalue weighted by molar-refractivity contribution is 0.539. The van der Waals surface area contributed by atoms with Gasteiger partial charge in [-0.15, -0.1) is 0 Å². The monoisotopic (exact) mass is 245 g/mol. The topological polar surface area (TPSA) is 74.8 Å². The van der Waals surface area contributed by atoms with Crippen molar-refractivity contribution in [2.75, 3.05) is 6.54 Å². The second-order valence-electron chi connectivity index (χ2n) is 4.27. The summed E-state index contributed by atoms with van der Waals surface area (Å²) in [5.74, 6) is 1.20. The van der Waals surface area contributed by atoms with Crippen LogP contribution in [0.3, 0.4) is 0 Å². The van der Waals surface area contributed by atoms with E-state index in [1.807, 2.05) is 0 Å². The quantitative estimate of drug-likeness (QED) is 0.744.